The number of ether oxygens (including phenoxy) is 1. The fraction of sp³-hybridized carbons (Fsp3) is 0.143. The van der Waals surface area contributed by atoms with Crippen LogP contribution in [-0.4, -0.2) is 34.3 Å². The Hall–Kier alpha value is -4.70. The predicted octanol–water partition coefficient (Wildman–Crippen LogP) is 5.19. The van der Waals surface area contributed by atoms with E-state index in [0.29, 0.717) is 22.9 Å². The molecule has 0 aliphatic heterocycles. The summed E-state index contributed by atoms with van der Waals surface area (Å²) in [4.78, 5) is 54.4. The smallest absolute Gasteiger partial charge is 0.339 e. The van der Waals surface area contributed by atoms with Gasteiger partial charge in [-0.25, -0.2) is 9.78 Å². The van der Waals surface area contributed by atoms with Gasteiger partial charge in [-0.1, -0.05) is 30.3 Å². The molecule has 2 aromatic heterocycles. The highest BCUT2D eigenvalue weighted by Gasteiger charge is 2.26. The van der Waals surface area contributed by atoms with E-state index in [0.717, 1.165) is 40.6 Å². The third-order valence-corrected chi connectivity index (χ3v) is 6.96. The maximum Gasteiger partial charge on any atom is 0.339 e. The highest BCUT2D eigenvalue weighted by molar-refractivity contribution is 7.10. The summed E-state index contributed by atoms with van der Waals surface area (Å²) >= 11 is 1.62. The number of carbonyl (C=O) groups excluding carboxylic acids is 3. The molecule has 0 saturated carbocycles. The third-order valence-electron chi connectivity index (χ3n) is 6.14. The molecule has 1 N–H and O–H groups in total. The number of non-ortho nitro benzene ring substituents is 1. The highest BCUT2D eigenvalue weighted by atomic mass is 32.1. The van der Waals surface area contributed by atoms with E-state index < -0.39 is 29.3 Å². The lowest BCUT2D eigenvalue weighted by molar-refractivity contribution is -0.384. The van der Waals surface area contributed by atoms with E-state index in [2.05, 4.69) is 11.4 Å². The summed E-state index contributed by atoms with van der Waals surface area (Å²) < 4.78 is 5.35. The standard InChI is InChI=1S/C28H21N3O6S/c32-24(30-27(33)18-7-3-8-19(14-18)31(35)36)16-37-28(34)25-21-10-1-2-12-23(21)29-26-17(6-4-11-22(25)26)15-20-9-5-13-38-20/h1-3,5,7-10,12-15H,4,6,11,16H2,(H,30,32,33). The van der Waals surface area contributed by atoms with Crippen LogP contribution in [0.25, 0.3) is 22.6 Å². The number of amides is 2. The molecule has 0 unspecified atom stereocenters. The van der Waals surface area contributed by atoms with Gasteiger partial charge in [0.15, 0.2) is 6.61 Å². The van der Waals surface area contributed by atoms with Crippen molar-refractivity contribution in [2.45, 2.75) is 19.3 Å². The van der Waals surface area contributed by atoms with Crippen molar-refractivity contribution >= 4 is 57.4 Å². The van der Waals surface area contributed by atoms with Crippen LogP contribution in [0.15, 0.2) is 66.0 Å². The lowest BCUT2D eigenvalue weighted by Crippen LogP contribution is -2.34. The molecule has 0 saturated heterocycles. The van der Waals surface area contributed by atoms with Gasteiger partial charge >= 0.3 is 5.97 Å². The van der Waals surface area contributed by atoms with E-state index in [-0.39, 0.29) is 11.3 Å². The van der Waals surface area contributed by atoms with Gasteiger partial charge in [0, 0.05) is 28.0 Å². The van der Waals surface area contributed by atoms with Crippen LogP contribution >= 0.6 is 11.3 Å². The average molecular weight is 528 g/mol. The summed E-state index contributed by atoms with van der Waals surface area (Å²) in [5.41, 5.74) is 3.23. The second-order valence-corrected chi connectivity index (χ2v) is 9.61. The van der Waals surface area contributed by atoms with Crippen LogP contribution in [-0.2, 0) is 16.0 Å². The van der Waals surface area contributed by atoms with Crippen molar-refractivity contribution in [3.05, 3.63) is 103 Å². The van der Waals surface area contributed by atoms with Crippen molar-refractivity contribution < 1.29 is 24.0 Å². The number of aromatic nitrogens is 1. The molecule has 0 radical (unpaired) electrons. The van der Waals surface area contributed by atoms with E-state index >= 15 is 0 Å². The van der Waals surface area contributed by atoms with Crippen molar-refractivity contribution in [1.82, 2.24) is 10.3 Å². The number of hydrogen-bond acceptors (Lipinski definition) is 8. The summed E-state index contributed by atoms with van der Waals surface area (Å²) in [6.45, 7) is -0.692. The number of nitrogens with zero attached hydrogens (tertiary/aromatic N) is 2. The fourth-order valence-corrected chi connectivity index (χ4v) is 5.13. The van der Waals surface area contributed by atoms with Gasteiger partial charge in [0.2, 0.25) is 0 Å². The predicted molar refractivity (Wildman–Crippen MR) is 143 cm³/mol. The summed E-state index contributed by atoms with van der Waals surface area (Å²) in [5.74, 6) is -2.36. The normalized spacial score (nSPS) is 13.6. The first-order chi connectivity index (χ1) is 18.4. The number of allylic oxidation sites excluding steroid dienone is 1. The van der Waals surface area contributed by atoms with Gasteiger partial charge in [0.05, 0.1) is 21.7 Å². The van der Waals surface area contributed by atoms with Crippen molar-refractivity contribution in [2.75, 3.05) is 6.61 Å². The monoisotopic (exact) mass is 527 g/mol. The van der Waals surface area contributed by atoms with E-state index in [4.69, 9.17) is 9.72 Å². The first kappa shape index (κ1) is 25.0. The van der Waals surface area contributed by atoms with Gasteiger partial charge in [-0.2, -0.15) is 0 Å². The van der Waals surface area contributed by atoms with Gasteiger partial charge in [-0.05, 0) is 60.1 Å². The maximum atomic E-state index is 13.3. The molecule has 4 aromatic rings. The molecule has 9 nitrogen and oxygen atoms in total. The number of nitrogens with one attached hydrogen (secondary N) is 1. The van der Waals surface area contributed by atoms with E-state index in [1.165, 1.54) is 18.2 Å². The Morgan fingerprint density at radius 3 is 2.71 bits per heavy atom. The fourth-order valence-electron chi connectivity index (χ4n) is 4.45. The lowest BCUT2D eigenvalue weighted by atomic mass is 9.86. The maximum absolute atomic E-state index is 13.3. The number of nitro groups is 1. The van der Waals surface area contributed by atoms with E-state index in [1.54, 1.807) is 17.4 Å². The minimum absolute atomic E-state index is 0.0573. The Kier molecular flexibility index (Phi) is 7.05. The summed E-state index contributed by atoms with van der Waals surface area (Å²) in [6.07, 6.45) is 4.39. The van der Waals surface area contributed by atoms with Crippen LogP contribution in [0.2, 0.25) is 0 Å². The van der Waals surface area contributed by atoms with Crippen LogP contribution in [0.4, 0.5) is 5.69 Å². The Balaban J connectivity index is 1.38. The Labute approximate surface area is 220 Å². The van der Waals surface area contributed by atoms with Gasteiger partial charge in [-0.15, -0.1) is 11.3 Å². The SMILES string of the molecule is O=C(COC(=O)c1c2c(nc3ccccc13)C(=Cc1cccs1)CCC2)NC(=O)c1cccc([N+](=O)[O-])c1. The Morgan fingerprint density at radius 1 is 1.08 bits per heavy atom. The number of para-hydroxylation sites is 1. The Morgan fingerprint density at radius 2 is 1.92 bits per heavy atom. The van der Waals surface area contributed by atoms with Gasteiger partial charge in [-0.3, -0.25) is 25.0 Å². The minimum atomic E-state index is -0.847. The van der Waals surface area contributed by atoms with E-state index in [9.17, 15) is 24.5 Å². The summed E-state index contributed by atoms with van der Waals surface area (Å²) in [7, 11) is 0. The number of rotatable bonds is 6. The zero-order chi connectivity index (χ0) is 26.6. The number of carbonyl (C=O) groups is 3. The third kappa shape index (κ3) is 5.21. The molecule has 1 aliphatic carbocycles. The molecule has 0 fully saturated rings. The van der Waals surface area contributed by atoms with E-state index in [1.807, 2.05) is 35.7 Å². The topological polar surface area (TPSA) is 129 Å². The highest BCUT2D eigenvalue weighted by Crippen LogP contribution is 2.36. The zero-order valence-corrected chi connectivity index (χ0v) is 20.8. The van der Waals surface area contributed by atoms with Crippen molar-refractivity contribution in [3.8, 4) is 0 Å². The molecule has 0 spiro atoms. The number of imide groups is 1. The number of hydrogen-bond donors (Lipinski definition) is 1. The number of esters is 1. The number of thiophene rings is 1. The molecule has 2 aromatic carbocycles. The van der Waals surface area contributed by atoms with Crippen LogP contribution in [0.5, 0.6) is 0 Å². The van der Waals surface area contributed by atoms with Gasteiger partial charge in [0.1, 0.15) is 0 Å². The average Bonchev–Trinajstić information content (AvgIpc) is 3.44. The zero-order valence-electron chi connectivity index (χ0n) is 20.0. The number of pyridine rings is 1. The molecular weight excluding hydrogens is 506 g/mol. The van der Waals surface area contributed by atoms with Crippen molar-refractivity contribution in [2.24, 2.45) is 0 Å². The second kappa shape index (κ2) is 10.7. The van der Waals surface area contributed by atoms with Crippen LogP contribution < -0.4 is 5.32 Å². The molecule has 2 heterocycles. The number of fused-ring (bicyclic) bond motifs is 2. The largest absolute Gasteiger partial charge is 0.452 e. The molecule has 10 heteroatoms. The van der Waals surface area contributed by atoms with Gasteiger partial charge < -0.3 is 4.74 Å². The van der Waals surface area contributed by atoms with Crippen molar-refractivity contribution in [3.63, 3.8) is 0 Å². The van der Waals surface area contributed by atoms with Crippen LogP contribution in [0.3, 0.4) is 0 Å². The lowest BCUT2D eigenvalue weighted by Gasteiger charge is -2.22. The van der Waals surface area contributed by atoms with Crippen LogP contribution in [0.1, 0.15) is 49.7 Å². The molecule has 2 amide bonds. The second-order valence-electron chi connectivity index (χ2n) is 8.63. The first-order valence-corrected chi connectivity index (χ1v) is 12.7. The van der Waals surface area contributed by atoms with Gasteiger partial charge in [0.25, 0.3) is 17.5 Å². The summed E-state index contributed by atoms with van der Waals surface area (Å²) in [5, 5.41) is 15.7. The molecule has 38 heavy (non-hydrogen) atoms. The molecular formula is C28H21N3O6S. The quantitative estimate of drug-likeness (QED) is 0.207. The Bertz CT molecular complexity index is 1610. The summed E-state index contributed by atoms with van der Waals surface area (Å²) in [6, 6.07) is 16.3. The first-order valence-electron chi connectivity index (χ1n) is 11.8. The minimum Gasteiger partial charge on any atom is -0.452 e. The molecule has 0 atom stereocenters. The molecule has 0 bridgehead atoms. The molecule has 1 aliphatic rings. The molecule has 5 rings (SSSR count). The molecule has 190 valence electrons. The van der Waals surface area contributed by atoms with Crippen LogP contribution in [0, 0.1) is 10.1 Å². The number of nitro benzene ring substituents is 1. The van der Waals surface area contributed by atoms with Crippen molar-refractivity contribution in [1.29, 1.82) is 0 Å². The number of benzene rings is 2.